The Labute approximate surface area is 125 Å². The number of hydrogen-bond acceptors (Lipinski definition) is 2. The van der Waals surface area contributed by atoms with E-state index in [0.29, 0.717) is 15.7 Å². The van der Waals surface area contributed by atoms with Crippen molar-refractivity contribution in [3.63, 3.8) is 0 Å². The molecular formula is C14H11Cl2FN2O. The molecular weight excluding hydrogens is 302 g/mol. The Kier molecular flexibility index (Phi) is 4.82. The molecule has 0 atom stereocenters. The first-order valence-electron chi connectivity index (χ1n) is 5.79. The van der Waals surface area contributed by atoms with Crippen LogP contribution in [0.1, 0.15) is 0 Å². The lowest BCUT2D eigenvalue weighted by molar-refractivity contribution is -0.114. The number of anilines is 2. The standard InChI is InChI=1S/C14H11Cl2FN2O/c15-9-1-4-11(5-2-9)19-14(20)8-18-13-6-3-10(16)7-12(13)17/h1-7,18H,8H2,(H,19,20). The first-order chi connectivity index (χ1) is 9.54. The fourth-order valence-electron chi connectivity index (χ4n) is 1.55. The van der Waals surface area contributed by atoms with Crippen LogP contribution < -0.4 is 10.6 Å². The van der Waals surface area contributed by atoms with E-state index in [9.17, 15) is 9.18 Å². The molecule has 6 heteroatoms. The minimum absolute atomic E-state index is 0.0544. The van der Waals surface area contributed by atoms with E-state index in [0.717, 1.165) is 0 Å². The molecule has 0 aliphatic carbocycles. The predicted octanol–water partition coefficient (Wildman–Crippen LogP) is 4.18. The van der Waals surface area contributed by atoms with Crippen molar-refractivity contribution in [3.8, 4) is 0 Å². The zero-order valence-electron chi connectivity index (χ0n) is 10.3. The molecule has 0 saturated carbocycles. The average Bonchev–Trinajstić information content (AvgIpc) is 2.40. The summed E-state index contributed by atoms with van der Waals surface area (Å²) in [4.78, 5) is 11.7. The summed E-state index contributed by atoms with van der Waals surface area (Å²) in [5.74, 6) is -0.793. The van der Waals surface area contributed by atoms with Gasteiger partial charge in [0.1, 0.15) is 5.82 Å². The quantitative estimate of drug-likeness (QED) is 0.889. The van der Waals surface area contributed by atoms with Gasteiger partial charge in [-0.1, -0.05) is 23.2 Å². The van der Waals surface area contributed by atoms with Crippen molar-refractivity contribution >= 4 is 40.5 Å². The van der Waals surface area contributed by atoms with E-state index in [1.807, 2.05) is 0 Å². The molecule has 2 rings (SSSR count). The molecule has 0 aromatic heterocycles. The number of carbonyl (C=O) groups excluding carboxylic acids is 1. The lowest BCUT2D eigenvalue weighted by Gasteiger charge is -2.08. The van der Waals surface area contributed by atoms with Gasteiger partial charge >= 0.3 is 0 Å². The highest BCUT2D eigenvalue weighted by Gasteiger charge is 2.06. The van der Waals surface area contributed by atoms with Crippen LogP contribution in [0, 0.1) is 5.82 Å². The van der Waals surface area contributed by atoms with Gasteiger partial charge in [0.15, 0.2) is 0 Å². The Morgan fingerprint density at radius 1 is 1.05 bits per heavy atom. The van der Waals surface area contributed by atoms with Crippen molar-refractivity contribution in [2.75, 3.05) is 17.2 Å². The number of rotatable bonds is 4. The van der Waals surface area contributed by atoms with Crippen LogP contribution in [0.3, 0.4) is 0 Å². The SMILES string of the molecule is O=C(CNc1ccc(Cl)cc1F)Nc1ccc(Cl)cc1. The van der Waals surface area contributed by atoms with Gasteiger partial charge in [-0.2, -0.15) is 0 Å². The van der Waals surface area contributed by atoms with Gasteiger partial charge in [-0.05, 0) is 42.5 Å². The van der Waals surface area contributed by atoms with Crippen molar-refractivity contribution in [3.05, 3.63) is 58.3 Å². The van der Waals surface area contributed by atoms with E-state index in [1.54, 1.807) is 30.3 Å². The van der Waals surface area contributed by atoms with Crippen LogP contribution in [-0.4, -0.2) is 12.5 Å². The number of halogens is 3. The third-order valence-corrected chi connectivity index (χ3v) is 2.99. The van der Waals surface area contributed by atoms with Crippen LogP contribution >= 0.6 is 23.2 Å². The monoisotopic (exact) mass is 312 g/mol. The maximum Gasteiger partial charge on any atom is 0.243 e. The summed E-state index contributed by atoms with van der Waals surface area (Å²) < 4.78 is 13.5. The zero-order valence-corrected chi connectivity index (χ0v) is 11.8. The molecule has 104 valence electrons. The van der Waals surface area contributed by atoms with Crippen LogP contribution in [-0.2, 0) is 4.79 Å². The average molecular weight is 313 g/mol. The maximum absolute atomic E-state index is 13.5. The molecule has 0 aliphatic heterocycles. The zero-order chi connectivity index (χ0) is 14.5. The van der Waals surface area contributed by atoms with Gasteiger partial charge in [0, 0.05) is 15.7 Å². The van der Waals surface area contributed by atoms with Crippen molar-refractivity contribution in [1.82, 2.24) is 0 Å². The van der Waals surface area contributed by atoms with Gasteiger partial charge < -0.3 is 10.6 Å². The molecule has 20 heavy (non-hydrogen) atoms. The largest absolute Gasteiger partial charge is 0.374 e. The molecule has 2 aromatic carbocycles. The lowest BCUT2D eigenvalue weighted by atomic mass is 10.3. The molecule has 2 N–H and O–H groups in total. The van der Waals surface area contributed by atoms with Crippen molar-refractivity contribution in [2.24, 2.45) is 0 Å². The Hall–Kier alpha value is -1.78. The molecule has 0 spiro atoms. The van der Waals surface area contributed by atoms with Gasteiger partial charge in [0.2, 0.25) is 5.91 Å². The smallest absolute Gasteiger partial charge is 0.243 e. The molecule has 0 fully saturated rings. The summed E-state index contributed by atoms with van der Waals surface area (Å²) in [6.45, 7) is -0.0544. The molecule has 0 unspecified atom stereocenters. The molecule has 0 radical (unpaired) electrons. The molecule has 3 nitrogen and oxygen atoms in total. The van der Waals surface area contributed by atoms with Crippen molar-refractivity contribution in [2.45, 2.75) is 0 Å². The fourth-order valence-corrected chi connectivity index (χ4v) is 1.83. The number of carbonyl (C=O) groups is 1. The predicted molar refractivity (Wildman–Crippen MR) is 80.0 cm³/mol. The normalized spacial score (nSPS) is 10.2. The van der Waals surface area contributed by atoms with Gasteiger partial charge in [0.25, 0.3) is 0 Å². The van der Waals surface area contributed by atoms with E-state index >= 15 is 0 Å². The number of hydrogen-bond donors (Lipinski definition) is 2. The Bertz CT molecular complexity index is 617. The van der Waals surface area contributed by atoms with Crippen molar-refractivity contribution in [1.29, 1.82) is 0 Å². The minimum atomic E-state index is -0.503. The van der Waals surface area contributed by atoms with E-state index in [1.165, 1.54) is 12.1 Å². The molecule has 2 aromatic rings. The van der Waals surface area contributed by atoms with Crippen LogP contribution in [0.4, 0.5) is 15.8 Å². The first kappa shape index (κ1) is 14.6. The molecule has 0 heterocycles. The van der Waals surface area contributed by atoms with Crippen molar-refractivity contribution < 1.29 is 9.18 Å². The Morgan fingerprint density at radius 2 is 1.70 bits per heavy atom. The molecule has 0 aliphatic rings. The minimum Gasteiger partial charge on any atom is -0.374 e. The Balaban J connectivity index is 1.90. The second kappa shape index (κ2) is 6.59. The second-order valence-corrected chi connectivity index (χ2v) is 4.91. The van der Waals surface area contributed by atoms with Crippen LogP contribution in [0.5, 0.6) is 0 Å². The topological polar surface area (TPSA) is 41.1 Å². The summed E-state index contributed by atoms with van der Waals surface area (Å²) in [6.07, 6.45) is 0. The summed E-state index contributed by atoms with van der Waals surface area (Å²) in [5, 5.41) is 6.25. The van der Waals surface area contributed by atoms with Gasteiger partial charge in [0.05, 0.1) is 12.2 Å². The van der Waals surface area contributed by atoms with Crippen LogP contribution in [0.15, 0.2) is 42.5 Å². The van der Waals surface area contributed by atoms with E-state index < -0.39 is 5.82 Å². The highest BCUT2D eigenvalue weighted by molar-refractivity contribution is 6.30. The summed E-state index contributed by atoms with van der Waals surface area (Å²) in [7, 11) is 0. The number of nitrogens with one attached hydrogen (secondary N) is 2. The summed E-state index contributed by atoms with van der Waals surface area (Å²) in [5.41, 5.74) is 0.846. The van der Waals surface area contributed by atoms with Gasteiger partial charge in [-0.3, -0.25) is 4.79 Å². The summed E-state index contributed by atoms with van der Waals surface area (Å²) in [6, 6.07) is 10.9. The first-order valence-corrected chi connectivity index (χ1v) is 6.54. The second-order valence-electron chi connectivity index (χ2n) is 4.03. The van der Waals surface area contributed by atoms with Crippen LogP contribution in [0.2, 0.25) is 10.0 Å². The number of amides is 1. The van der Waals surface area contributed by atoms with E-state index in [-0.39, 0.29) is 18.1 Å². The maximum atomic E-state index is 13.5. The number of benzene rings is 2. The Morgan fingerprint density at radius 3 is 2.35 bits per heavy atom. The highest BCUT2D eigenvalue weighted by Crippen LogP contribution is 2.18. The third kappa shape index (κ3) is 4.11. The van der Waals surface area contributed by atoms with Gasteiger partial charge in [-0.25, -0.2) is 4.39 Å². The van der Waals surface area contributed by atoms with E-state index in [4.69, 9.17) is 23.2 Å². The lowest BCUT2D eigenvalue weighted by Crippen LogP contribution is -2.22. The third-order valence-electron chi connectivity index (χ3n) is 2.50. The van der Waals surface area contributed by atoms with Gasteiger partial charge in [-0.15, -0.1) is 0 Å². The highest BCUT2D eigenvalue weighted by atomic mass is 35.5. The summed E-state index contributed by atoms with van der Waals surface area (Å²) >= 11 is 11.4. The molecule has 0 bridgehead atoms. The van der Waals surface area contributed by atoms with Crippen LogP contribution in [0.25, 0.3) is 0 Å². The van der Waals surface area contributed by atoms with E-state index in [2.05, 4.69) is 10.6 Å². The molecule has 1 amide bonds. The fraction of sp³-hybridized carbons (Fsp3) is 0.0714. The molecule has 0 saturated heterocycles.